The fraction of sp³-hybridized carbons (Fsp3) is 0.250. The zero-order chi connectivity index (χ0) is 13.4. The molecule has 0 heterocycles. The summed E-state index contributed by atoms with van der Waals surface area (Å²) in [5.74, 6) is -0.932. The van der Waals surface area contributed by atoms with Gasteiger partial charge in [0.05, 0.1) is 6.42 Å². The molecule has 6 nitrogen and oxygen atoms in total. The van der Waals surface area contributed by atoms with Crippen LogP contribution in [-0.4, -0.2) is 23.6 Å². The van der Waals surface area contributed by atoms with Crippen LogP contribution in [0.2, 0.25) is 0 Å². The number of anilines is 1. The molecule has 0 aliphatic carbocycles. The molecule has 6 heteroatoms. The van der Waals surface area contributed by atoms with Crippen molar-refractivity contribution in [1.82, 2.24) is 0 Å². The molecular weight excluding hydrogens is 236 g/mol. The topological polar surface area (TPSA) is 99.4 Å². The van der Waals surface area contributed by atoms with Crippen LogP contribution in [0.1, 0.15) is 12.8 Å². The number of rotatable bonds is 6. The Bertz CT molecular complexity index is 479. The third-order valence-electron chi connectivity index (χ3n) is 1.99. The summed E-state index contributed by atoms with van der Waals surface area (Å²) in [5.41, 5.74) is 0.501. The maximum absolute atomic E-state index is 11.4. The van der Waals surface area contributed by atoms with Gasteiger partial charge in [-0.3, -0.25) is 9.59 Å². The van der Waals surface area contributed by atoms with Crippen molar-refractivity contribution in [3.63, 3.8) is 0 Å². The van der Waals surface area contributed by atoms with Crippen molar-refractivity contribution in [1.29, 1.82) is 5.26 Å². The first-order valence-corrected chi connectivity index (χ1v) is 5.23. The molecule has 18 heavy (non-hydrogen) atoms. The van der Waals surface area contributed by atoms with Gasteiger partial charge in [-0.1, -0.05) is 6.07 Å². The van der Waals surface area contributed by atoms with E-state index in [1.54, 1.807) is 24.3 Å². The summed E-state index contributed by atoms with van der Waals surface area (Å²) in [6, 6.07) is 8.37. The third kappa shape index (κ3) is 4.99. The summed E-state index contributed by atoms with van der Waals surface area (Å²) < 4.78 is 5.07. The summed E-state index contributed by atoms with van der Waals surface area (Å²) in [4.78, 5) is 21.7. The second kappa shape index (κ2) is 6.91. The number of nitrogens with zero attached hydrogens (tertiary/aromatic N) is 1. The lowest BCUT2D eigenvalue weighted by molar-refractivity contribution is -0.138. The number of benzene rings is 1. The molecule has 0 saturated carbocycles. The molecule has 0 unspecified atom stereocenters. The Labute approximate surface area is 104 Å². The SMILES string of the molecule is N#CCOc1cccc(NC(=O)CCC(=O)O)c1. The number of ether oxygens (including phenoxy) is 1. The van der Waals surface area contributed by atoms with Gasteiger partial charge in [0, 0.05) is 18.2 Å². The fourth-order valence-corrected chi connectivity index (χ4v) is 1.22. The van der Waals surface area contributed by atoms with Crippen LogP contribution in [0.5, 0.6) is 5.75 Å². The van der Waals surface area contributed by atoms with E-state index in [4.69, 9.17) is 15.1 Å². The molecule has 1 amide bonds. The maximum Gasteiger partial charge on any atom is 0.303 e. The van der Waals surface area contributed by atoms with Gasteiger partial charge in [0.15, 0.2) is 6.61 Å². The van der Waals surface area contributed by atoms with E-state index in [1.165, 1.54) is 0 Å². The summed E-state index contributed by atoms with van der Waals surface area (Å²) >= 11 is 0. The van der Waals surface area contributed by atoms with Crippen molar-refractivity contribution >= 4 is 17.6 Å². The molecule has 0 aliphatic rings. The maximum atomic E-state index is 11.4. The lowest BCUT2D eigenvalue weighted by atomic mass is 10.2. The van der Waals surface area contributed by atoms with Crippen LogP contribution in [-0.2, 0) is 9.59 Å². The highest BCUT2D eigenvalue weighted by Gasteiger charge is 2.06. The van der Waals surface area contributed by atoms with E-state index in [0.29, 0.717) is 11.4 Å². The van der Waals surface area contributed by atoms with Gasteiger partial charge in [0.2, 0.25) is 5.91 Å². The quantitative estimate of drug-likeness (QED) is 0.792. The zero-order valence-electron chi connectivity index (χ0n) is 9.55. The Hall–Kier alpha value is -2.55. The zero-order valence-corrected chi connectivity index (χ0v) is 9.55. The Morgan fingerprint density at radius 3 is 2.83 bits per heavy atom. The Morgan fingerprint density at radius 2 is 2.17 bits per heavy atom. The first-order valence-electron chi connectivity index (χ1n) is 5.23. The molecule has 1 rings (SSSR count). The van der Waals surface area contributed by atoms with Gasteiger partial charge < -0.3 is 15.2 Å². The molecule has 0 aliphatic heterocycles. The smallest absolute Gasteiger partial charge is 0.303 e. The molecule has 0 bridgehead atoms. The number of hydrogen-bond donors (Lipinski definition) is 2. The average molecular weight is 248 g/mol. The first-order chi connectivity index (χ1) is 8.61. The Morgan fingerprint density at radius 1 is 1.39 bits per heavy atom. The standard InChI is InChI=1S/C12H12N2O4/c13-6-7-18-10-3-1-2-9(8-10)14-11(15)4-5-12(16)17/h1-3,8H,4-5,7H2,(H,14,15)(H,16,17). The highest BCUT2D eigenvalue weighted by molar-refractivity contribution is 5.92. The van der Waals surface area contributed by atoms with E-state index in [-0.39, 0.29) is 25.4 Å². The van der Waals surface area contributed by atoms with Crippen molar-refractivity contribution in [3.8, 4) is 11.8 Å². The molecule has 0 atom stereocenters. The molecule has 1 aromatic carbocycles. The number of carbonyl (C=O) groups is 2. The van der Waals surface area contributed by atoms with Crippen LogP contribution in [0, 0.1) is 11.3 Å². The van der Waals surface area contributed by atoms with E-state index in [2.05, 4.69) is 5.32 Å². The van der Waals surface area contributed by atoms with E-state index < -0.39 is 5.97 Å². The summed E-state index contributed by atoms with van der Waals surface area (Å²) in [5, 5.41) is 19.4. The molecule has 0 spiro atoms. The largest absolute Gasteiger partial charge is 0.481 e. The lowest BCUT2D eigenvalue weighted by Gasteiger charge is -2.06. The molecule has 0 radical (unpaired) electrons. The van der Waals surface area contributed by atoms with Crippen LogP contribution >= 0.6 is 0 Å². The highest BCUT2D eigenvalue weighted by Crippen LogP contribution is 2.17. The van der Waals surface area contributed by atoms with Gasteiger partial charge >= 0.3 is 5.97 Å². The number of carboxylic acid groups (broad SMARTS) is 1. The summed E-state index contributed by atoms with van der Waals surface area (Å²) in [6.45, 7) is -0.0730. The van der Waals surface area contributed by atoms with Crippen LogP contribution in [0.3, 0.4) is 0 Å². The second-order valence-corrected chi connectivity index (χ2v) is 3.42. The first kappa shape index (κ1) is 13.5. The number of hydrogen-bond acceptors (Lipinski definition) is 4. The van der Waals surface area contributed by atoms with E-state index >= 15 is 0 Å². The highest BCUT2D eigenvalue weighted by atomic mass is 16.5. The second-order valence-electron chi connectivity index (χ2n) is 3.42. The van der Waals surface area contributed by atoms with Gasteiger partial charge in [-0.2, -0.15) is 5.26 Å². The van der Waals surface area contributed by atoms with Gasteiger partial charge in [-0.05, 0) is 12.1 Å². The lowest BCUT2D eigenvalue weighted by Crippen LogP contribution is -2.13. The Balaban J connectivity index is 2.53. The molecule has 1 aromatic rings. The van der Waals surface area contributed by atoms with Crippen molar-refractivity contribution in [2.75, 3.05) is 11.9 Å². The Kier molecular flexibility index (Phi) is 5.19. The number of aliphatic carboxylic acids is 1. The molecule has 2 N–H and O–H groups in total. The van der Waals surface area contributed by atoms with E-state index in [1.807, 2.05) is 6.07 Å². The monoisotopic (exact) mass is 248 g/mol. The fourth-order valence-electron chi connectivity index (χ4n) is 1.22. The number of carboxylic acids is 1. The molecule has 94 valence electrons. The van der Waals surface area contributed by atoms with Crippen molar-refractivity contribution in [2.45, 2.75) is 12.8 Å². The number of carbonyl (C=O) groups excluding carboxylic acids is 1. The minimum atomic E-state index is -1.02. The van der Waals surface area contributed by atoms with Crippen molar-refractivity contribution in [2.24, 2.45) is 0 Å². The van der Waals surface area contributed by atoms with Gasteiger partial charge in [-0.25, -0.2) is 0 Å². The third-order valence-corrected chi connectivity index (χ3v) is 1.99. The van der Waals surface area contributed by atoms with E-state index in [9.17, 15) is 9.59 Å². The predicted octanol–water partition coefficient (Wildman–Crippen LogP) is 1.39. The van der Waals surface area contributed by atoms with Crippen molar-refractivity contribution < 1.29 is 19.4 Å². The minimum absolute atomic E-state index is 0.0730. The minimum Gasteiger partial charge on any atom is -0.481 e. The van der Waals surface area contributed by atoms with Crippen molar-refractivity contribution in [3.05, 3.63) is 24.3 Å². The van der Waals surface area contributed by atoms with Gasteiger partial charge in [-0.15, -0.1) is 0 Å². The van der Waals surface area contributed by atoms with E-state index in [0.717, 1.165) is 0 Å². The van der Waals surface area contributed by atoms with Gasteiger partial charge in [0.25, 0.3) is 0 Å². The van der Waals surface area contributed by atoms with Crippen LogP contribution in [0.25, 0.3) is 0 Å². The van der Waals surface area contributed by atoms with Gasteiger partial charge in [0.1, 0.15) is 11.8 Å². The summed E-state index contributed by atoms with van der Waals surface area (Å²) in [7, 11) is 0. The number of nitrogens with one attached hydrogen (secondary N) is 1. The number of nitriles is 1. The predicted molar refractivity (Wildman–Crippen MR) is 63.0 cm³/mol. The molecule has 0 fully saturated rings. The average Bonchev–Trinajstić information content (AvgIpc) is 2.34. The molecular formula is C12H12N2O4. The molecule has 0 aromatic heterocycles. The normalized spacial score (nSPS) is 9.28. The number of amides is 1. The van der Waals surface area contributed by atoms with Crippen LogP contribution < -0.4 is 10.1 Å². The molecule has 0 saturated heterocycles. The van der Waals surface area contributed by atoms with Crippen LogP contribution in [0.15, 0.2) is 24.3 Å². The summed E-state index contributed by atoms with van der Waals surface area (Å²) in [6.07, 6.45) is -0.297. The van der Waals surface area contributed by atoms with Crippen LogP contribution in [0.4, 0.5) is 5.69 Å².